The van der Waals surface area contributed by atoms with Crippen molar-refractivity contribution in [2.45, 2.75) is 12.8 Å². The van der Waals surface area contributed by atoms with Crippen LogP contribution in [-0.2, 0) is 11.2 Å². The van der Waals surface area contributed by atoms with Crippen molar-refractivity contribution in [1.29, 1.82) is 0 Å². The van der Waals surface area contributed by atoms with Crippen LogP contribution in [0, 0.1) is 0 Å². The molecule has 1 aromatic rings. The van der Waals surface area contributed by atoms with E-state index in [2.05, 4.69) is 5.32 Å². The summed E-state index contributed by atoms with van der Waals surface area (Å²) in [5.74, 6) is 0. The number of thiophene rings is 1. The van der Waals surface area contributed by atoms with Crippen molar-refractivity contribution in [2.75, 3.05) is 26.8 Å². The molecule has 0 aromatic carbocycles. The summed E-state index contributed by atoms with van der Waals surface area (Å²) in [4.78, 5) is 1.29. The molecule has 0 unspecified atom stereocenters. The number of aryl methyl sites for hydroxylation is 1. The Morgan fingerprint density at radius 1 is 1.50 bits per heavy atom. The van der Waals surface area contributed by atoms with E-state index in [1.807, 2.05) is 11.4 Å². The minimum Gasteiger partial charge on any atom is -0.383 e. The highest BCUT2D eigenvalue weighted by Crippen LogP contribution is 2.22. The lowest BCUT2D eigenvalue weighted by molar-refractivity contribution is 0.199. The summed E-state index contributed by atoms with van der Waals surface area (Å²) in [7, 11) is 1.72. The Bertz CT molecular complexity index is 252. The molecule has 1 aromatic heterocycles. The third-order valence-electron chi connectivity index (χ3n) is 1.93. The van der Waals surface area contributed by atoms with Gasteiger partial charge in [0.1, 0.15) is 0 Å². The lowest BCUT2D eigenvalue weighted by Gasteiger charge is -2.02. The normalized spacial score (nSPS) is 10.7. The van der Waals surface area contributed by atoms with Gasteiger partial charge in [0.15, 0.2) is 0 Å². The molecule has 1 N–H and O–H groups in total. The van der Waals surface area contributed by atoms with Crippen molar-refractivity contribution in [3.05, 3.63) is 21.3 Å². The first kappa shape index (κ1) is 12.0. The highest BCUT2D eigenvalue weighted by Gasteiger charge is 2.00. The summed E-state index contributed by atoms with van der Waals surface area (Å²) in [6.07, 6.45) is 2.19. The monoisotopic (exact) mass is 233 g/mol. The molecule has 0 saturated heterocycles. The SMILES string of the molecule is COCCNCCCc1sccc1Cl. The minimum atomic E-state index is 0.778. The van der Waals surface area contributed by atoms with Crippen LogP contribution in [0.3, 0.4) is 0 Å². The molecule has 2 nitrogen and oxygen atoms in total. The zero-order chi connectivity index (χ0) is 10.2. The van der Waals surface area contributed by atoms with Crippen LogP contribution in [0.2, 0.25) is 5.02 Å². The minimum absolute atomic E-state index is 0.778. The van der Waals surface area contributed by atoms with Crippen LogP contribution >= 0.6 is 22.9 Å². The lowest BCUT2D eigenvalue weighted by Crippen LogP contribution is -2.20. The fraction of sp³-hybridized carbons (Fsp3) is 0.600. The van der Waals surface area contributed by atoms with Gasteiger partial charge in [0, 0.05) is 18.5 Å². The largest absolute Gasteiger partial charge is 0.383 e. The molecule has 0 aliphatic heterocycles. The molecule has 80 valence electrons. The Hall–Kier alpha value is -0.0900. The first-order chi connectivity index (χ1) is 6.84. The van der Waals surface area contributed by atoms with Gasteiger partial charge in [-0.2, -0.15) is 0 Å². The molecule has 0 bridgehead atoms. The smallest absolute Gasteiger partial charge is 0.0587 e. The Morgan fingerprint density at radius 2 is 2.36 bits per heavy atom. The van der Waals surface area contributed by atoms with E-state index in [9.17, 15) is 0 Å². The molecule has 0 atom stereocenters. The number of rotatable bonds is 7. The van der Waals surface area contributed by atoms with Crippen LogP contribution in [0.15, 0.2) is 11.4 Å². The molecule has 0 fully saturated rings. The third kappa shape index (κ3) is 4.42. The fourth-order valence-electron chi connectivity index (χ4n) is 1.18. The summed E-state index contributed by atoms with van der Waals surface area (Å²) in [5.41, 5.74) is 0. The molecule has 0 saturated carbocycles. The van der Waals surface area contributed by atoms with E-state index >= 15 is 0 Å². The van der Waals surface area contributed by atoms with E-state index in [1.165, 1.54) is 4.88 Å². The van der Waals surface area contributed by atoms with Gasteiger partial charge in [-0.15, -0.1) is 11.3 Å². The second-order valence-corrected chi connectivity index (χ2v) is 4.45. The van der Waals surface area contributed by atoms with Gasteiger partial charge in [-0.1, -0.05) is 11.6 Å². The molecule has 0 radical (unpaired) electrons. The van der Waals surface area contributed by atoms with Gasteiger partial charge in [0.25, 0.3) is 0 Å². The lowest BCUT2D eigenvalue weighted by atomic mass is 10.2. The van der Waals surface area contributed by atoms with Gasteiger partial charge in [0.2, 0.25) is 0 Å². The third-order valence-corrected chi connectivity index (χ3v) is 3.38. The molecule has 0 aliphatic carbocycles. The predicted molar refractivity (Wildman–Crippen MR) is 62.4 cm³/mol. The van der Waals surface area contributed by atoms with Gasteiger partial charge in [-0.3, -0.25) is 0 Å². The molecule has 0 aliphatic rings. The van der Waals surface area contributed by atoms with Crippen molar-refractivity contribution in [2.24, 2.45) is 0 Å². The molecule has 1 rings (SSSR count). The molecular weight excluding hydrogens is 218 g/mol. The standard InChI is InChI=1S/C10H16ClNOS/c1-13-7-6-12-5-2-3-10-9(11)4-8-14-10/h4,8,12H,2-3,5-7H2,1H3. The van der Waals surface area contributed by atoms with Crippen LogP contribution < -0.4 is 5.32 Å². The number of methoxy groups -OCH3 is 1. The maximum Gasteiger partial charge on any atom is 0.0587 e. The molecule has 4 heteroatoms. The molecule has 0 spiro atoms. The Labute approximate surface area is 94.2 Å². The number of ether oxygens (including phenoxy) is 1. The van der Waals surface area contributed by atoms with Crippen LogP contribution in [0.5, 0.6) is 0 Å². The van der Waals surface area contributed by atoms with E-state index in [4.69, 9.17) is 16.3 Å². The van der Waals surface area contributed by atoms with E-state index in [0.717, 1.165) is 37.6 Å². The van der Waals surface area contributed by atoms with E-state index in [0.29, 0.717) is 0 Å². The Kier molecular flexibility index (Phi) is 6.19. The maximum atomic E-state index is 5.97. The number of hydrogen-bond acceptors (Lipinski definition) is 3. The average molecular weight is 234 g/mol. The Balaban J connectivity index is 2.02. The van der Waals surface area contributed by atoms with E-state index < -0.39 is 0 Å². The molecular formula is C10H16ClNOS. The van der Waals surface area contributed by atoms with E-state index in [1.54, 1.807) is 18.4 Å². The van der Waals surface area contributed by atoms with Gasteiger partial charge in [0.05, 0.1) is 11.6 Å². The highest BCUT2D eigenvalue weighted by molar-refractivity contribution is 7.10. The van der Waals surface area contributed by atoms with Crippen molar-refractivity contribution in [3.63, 3.8) is 0 Å². The number of halogens is 1. The first-order valence-corrected chi connectivity index (χ1v) is 6.02. The van der Waals surface area contributed by atoms with Gasteiger partial charge < -0.3 is 10.1 Å². The van der Waals surface area contributed by atoms with Crippen LogP contribution in [0.4, 0.5) is 0 Å². The van der Waals surface area contributed by atoms with Crippen molar-refractivity contribution in [3.8, 4) is 0 Å². The molecule has 1 heterocycles. The van der Waals surface area contributed by atoms with Crippen molar-refractivity contribution >= 4 is 22.9 Å². The van der Waals surface area contributed by atoms with Crippen LogP contribution in [0.25, 0.3) is 0 Å². The zero-order valence-electron chi connectivity index (χ0n) is 8.38. The Morgan fingerprint density at radius 3 is 3.00 bits per heavy atom. The highest BCUT2D eigenvalue weighted by atomic mass is 35.5. The van der Waals surface area contributed by atoms with Crippen molar-refractivity contribution in [1.82, 2.24) is 5.32 Å². The summed E-state index contributed by atoms with van der Waals surface area (Å²) in [5, 5.41) is 6.25. The van der Waals surface area contributed by atoms with Crippen molar-refractivity contribution < 1.29 is 4.74 Å². The number of hydrogen-bond donors (Lipinski definition) is 1. The average Bonchev–Trinajstić information content (AvgIpc) is 2.58. The molecule has 14 heavy (non-hydrogen) atoms. The zero-order valence-corrected chi connectivity index (χ0v) is 9.96. The second-order valence-electron chi connectivity index (χ2n) is 3.04. The van der Waals surface area contributed by atoms with Crippen LogP contribution in [-0.4, -0.2) is 26.8 Å². The van der Waals surface area contributed by atoms with Gasteiger partial charge >= 0.3 is 0 Å². The van der Waals surface area contributed by atoms with Crippen LogP contribution in [0.1, 0.15) is 11.3 Å². The summed E-state index contributed by atoms with van der Waals surface area (Å²) in [6, 6.07) is 1.96. The number of nitrogens with one attached hydrogen (secondary N) is 1. The summed E-state index contributed by atoms with van der Waals surface area (Å²) < 4.78 is 4.93. The molecule has 0 amide bonds. The first-order valence-electron chi connectivity index (χ1n) is 4.76. The maximum absolute atomic E-state index is 5.97. The topological polar surface area (TPSA) is 21.3 Å². The van der Waals surface area contributed by atoms with Gasteiger partial charge in [-0.25, -0.2) is 0 Å². The second kappa shape index (κ2) is 7.23. The van der Waals surface area contributed by atoms with Gasteiger partial charge in [-0.05, 0) is 30.8 Å². The fourth-order valence-corrected chi connectivity index (χ4v) is 2.35. The van der Waals surface area contributed by atoms with E-state index in [-0.39, 0.29) is 0 Å². The summed E-state index contributed by atoms with van der Waals surface area (Å²) >= 11 is 7.71. The predicted octanol–water partition coefficient (Wildman–Crippen LogP) is 2.57. The quantitative estimate of drug-likeness (QED) is 0.731. The summed E-state index contributed by atoms with van der Waals surface area (Å²) in [6.45, 7) is 2.73.